The second-order valence-electron chi connectivity index (χ2n) is 9.48. The third-order valence-corrected chi connectivity index (χ3v) is 7.10. The van der Waals surface area contributed by atoms with Crippen molar-refractivity contribution in [1.29, 1.82) is 0 Å². The van der Waals surface area contributed by atoms with Gasteiger partial charge < -0.3 is 5.32 Å². The Balaban J connectivity index is 1.16. The zero-order valence-corrected chi connectivity index (χ0v) is 21.8. The van der Waals surface area contributed by atoms with Gasteiger partial charge in [0.15, 0.2) is 0 Å². The van der Waals surface area contributed by atoms with E-state index in [1.807, 2.05) is 66.2 Å². The Morgan fingerprint density at radius 2 is 1.51 bits per heavy atom. The number of nitrogens with zero attached hydrogens (tertiary/aromatic N) is 4. The summed E-state index contributed by atoms with van der Waals surface area (Å²) >= 11 is 6.15. The summed E-state index contributed by atoms with van der Waals surface area (Å²) in [5.41, 5.74) is 5.41. The number of nitrogens with one attached hydrogen (secondary N) is 1. The highest BCUT2D eigenvalue weighted by molar-refractivity contribution is 6.30. The van der Waals surface area contributed by atoms with Gasteiger partial charge in [0.2, 0.25) is 5.91 Å². The van der Waals surface area contributed by atoms with E-state index >= 15 is 0 Å². The Morgan fingerprint density at radius 1 is 0.892 bits per heavy atom. The molecule has 1 fully saturated rings. The van der Waals surface area contributed by atoms with Gasteiger partial charge in [-0.1, -0.05) is 72.3 Å². The van der Waals surface area contributed by atoms with Crippen molar-refractivity contribution >= 4 is 17.5 Å². The summed E-state index contributed by atoms with van der Waals surface area (Å²) in [6.07, 6.45) is 0. The van der Waals surface area contributed by atoms with Gasteiger partial charge in [-0.25, -0.2) is 4.68 Å². The molecule has 1 aliphatic rings. The van der Waals surface area contributed by atoms with E-state index in [1.54, 1.807) is 0 Å². The molecule has 2 heterocycles. The lowest BCUT2D eigenvalue weighted by molar-refractivity contribution is -0.122. The van der Waals surface area contributed by atoms with Crippen molar-refractivity contribution in [1.82, 2.24) is 24.9 Å². The van der Waals surface area contributed by atoms with Gasteiger partial charge in [0.1, 0.15) is 0 Å². The van der Waals surface area contributed by atoms with Crippen LogP contribution in [0.15, 0.2) is 91.0 Å². The van der Waals surface area contributed by atoms with Gasteiger partial charge in [-0.3, -0.25) is 14.6 Å². The molecule has 6 nitrogen and oxygen atoms in total. The summed E-state index contributed by atoms with van der Waals surface area (Å²) < 4.78 is 1.91. The fourth-order valence-electron chi connectivity index (χ4n) is 4.98. The molecule has 1 aliphatic heterocycles. The first-order valence-electron chi connectivity index (χ1n) is 12.7. The van der Waals surface area contributed by atoms with Gasteiger partial charge >= 0.3 is 0 Å². The summed E-state index contributed by atoms with van der Waals surface area (Å²) in [7, 11) is 0. The third kappa shape index (κ3) is 6.28. The minimum Gasteiger partial charge on any atom is -0.349 e. The SMILES string of the molecule is Cc1cc(CNC(=O)CN2CCN(C(c3ccccc3)c3ccc(Cl)cc3)CC2)nn1-c1ccccc1. The highest BCUT2D eigenvalue weighted by atomic mass is 35.5. The quantitative estimate of drug-likeness (QED) is 0.365. The van der Waals surface area contributed by atoms with Crippen LogP contribution >= 0.6 is 11.6 Å². The molecule has 1 unspecified atom stereocenters. The van der Waals surface area contributed by atoms with Crippen molar-refractivity contribution in [3.8, 4) is 5.69 Å². The molecule has 4 aromatic rings. The summed E-state index contributed by atoms with van der Waals surface area (Å²) in [5, 5.41) is 8.46. The van der Waals surface area contributed by atoms with Crippen molar-refractivity contribution in [2.75, 3.05) is 32.7 Å². The molecule has 0 radical (unpaired) electrons. The predicted octanol–water partition coefficient (Wildman–Crippen LogP) is 4.86. The molecule has 1 N–H and O–H groups in total. The van der Waals surface area contributed by atoms with Crippen LogP contribution in [0, 0.1) is 6.92 Å². The molecule has 1 atom stereocenters. The fraction of sp³-hybridized carbons (Fsp3) is 0.267. The minimum atomic E-state index is 0.0256. The Hall–Kier alpha value is -3.45. The second kappa shape index (κ2) is 11.7. The van der Waals surface area contributed by atoms with Crippen molar-refractivity contribution in [2.24, 2.45) is 0 Å². The molecule has 1 aromatic heterocycles. The van der Waals surface area contributed by atoms with Gasteiger partial charge in [0.25, 0.3) is 0 Å². The van der Waals surface area contributed by atoms with E-state index in [-0.39, 0.29) is 11.9 Å². The van der Waals surface area contributed by atoms with Crippen molar-refractivity contribution in [2.45, 2.75) is 19.5 Å². The van der Waals surface area contributed by atoms with Crippen LogP contribution in [0.5, 0.6) is 0 Å². The predicted molar refractivity (Wildman–Crippen MR) is 148 cm³/mol. The van der Waals surface area contributed by atoms with Crippen molar-refractivity contribution in [3.63, 3.8) is 0 Å². The second-order valence-corrected chi connectivity index (χ2v) is 9.91. The maximum absolute atomic E-state index is 12.7. The Labute approximate surface area is 223 Å². The van der Waals surface area contributed by atoms with Gasteiger partial charge in [0.05, 0.1) is 30.5 Å². The van der Waals surface area contributed by atoms with E-state index in [0.717, 1.165) is 48.3 Å². The van der Waals surface area contributed by atoms with Crippen LogP contribution in [0.2, 0.25) is 5.02 Å². The van der Waals surface area contributed by atoms with Crippen LogP contribution in [0.3, 0.4) is 0 Å². The standard InChI is InChI=1S/C30H32ClN5O/c1-23-20-27(33-36(23)28-10-6-3-7-11-28)21-32-29(37)22-34-16-18-35(19-17-34)30(24-8-4-2-5-9-24)25-12-14-26(31)15-13-25/h2-15,20,30H,16-19,21-22H2,1H3,(H,32,37). The highest BCUT2D eigenvalue weighted by Gasteiger charge is 2.27. The normalized spacial score (nSPS) is 15.4. The lowest BCUT2D eigenvalue weighted by Gasteiger charge is -2.39. The van der Waals surface area contributed by atoms with Crippen molar-refractivity contribution < 1.29 is 4.79 Å². The first-order chi connectivity index (χ1) is 18.1. The van der Waals surface area contributed by atoms with E-state index in [9.17, 15) is 4.79 Å². The molecule has 0 aliphatic carbocycles. The molecular weight excluding hydrogens is 482 g/mol. The molecule has 0 bridgehead atoms. The number of hydrogen-bond donors (Lipinski definition) is 1. The molecule has 1 saturated heterocycles. The van der Waals surface area contributed by atoms with Crippen LogP contribution in [-0.2, 0) is 11.3 Å². The van der Waals surface area contributed by atoms with Gasteiger partial charge in [-0.15, -0.1) is 0 Å². The number of aromatic nitrogens is 2. The molecule has 190 valence electrons. The molecular formula is C30H32ClN5O. The number of hydrogen-bond acceptors (Lipinski definition) is 4. The lowest BCUT2D eigenvalue weighted by atomic mass is 9.96. The van der Waals surface area contributed by atoms with E-state index in [1.165, 1.54) is 11.1 Å². The highest BCUT2D eigenvalue weighted by Crippen LogP contribution is 2.30. The van der Waals surface area contributed by atoms with E-state index in [4.69, 9.17) is 11.6 Å². The summed E-state index contributed by atoms with van der Waals surface area (Å²) in [6.45, 7) is 6.29. The van der Waals surface area contributed by atoms with Crippen LogP contribution < -0.4 is 5.32 Å². The first-order valence-corrected chi connectivity index (χ1v) is 13.1. The maximum Gasteiger partial charge on any atom is 0.234 e. The largest absolute Gasteiger partial charge is 0.349 e. The van der Waals surface area contributed by atoms with E-state index < -0.39 is 0 Å². The number of carbonyl (C=O) groups excluding carboxylic acids is 1. The molecule has 37 heavy (non-hydrogen) atoms. The average Bonchev–Trinajstić information content (AvgIpc) is 3.31. The lowest BCUT2D eigenvalue weighted by Crippen LogP contribution is -2.50. The zero-order valence-electron chi connectivity index (χ0n) is 21.1. The number of halogens is 1. The van der Waals surface area contributed by atoms with Crippen LogP contribution in [0.1, 0.15) is 28.6 Å². The number of benzene rings is 3. The summed E-state index contributed by atoms with van der Waals surface area (Å²) in [5.74, 6) is 0.0256. The molecule has 0 spiro atoms. The monoisotopic (exact) mass is 513 g/mol. The number of amides is 1. The van der Waals surface area contributed by atoms with Crippen molar-refractivity contribution in [3.05, 3.63) is 119 Å². The summed E-state index contributed by atoms with van der Waals surface area (Å²) in [4.78, 5) is 17.4. The zero-order chi connectivity index (χ0) is 25.6. The van der Waals surface area contributed by atoms with Gasteiger partial charge in [0, 0.05) is 36.9 Å². The minimum absolute atomic E-state index is 0.0256. The maximum atomic E-state index is 12.7. The topological polar surface area (TPSA) is 53.4 Å². The fourth-order valence-corrected chi connectivity index (χ4v) is 5.10. The van der Waals surface area contributed by atoms with Gasteiger partial charge in [-0.2, -0.15) is 5.10 Å². The molecule has 3 aromatic carbocycles. The molecule has 1 amide bonds. The number of para-hydroxylation sites is 1. The van der Waals surface area contributed by atoms with Crippen LogP contribution in [0.4, 0.5) is 0 Å². The number of rotatable bonds is 8. The number of carbonyl (C=O) groups is 1. The van der Waals surface area contributed by atoms with E-state index in [0.29, 0.717) is 13.1 Å². The Bertz CT molecular complexity index is 1300. The first kappa shape index (κ1) is 25.2. The average molecular weight is 514 g/mol. The molecule has 7 heteroatoms. The van der Waals surface area contributed by atoms with Crippen LogP contribution in [0.25, 0.3) is 5.69 Å². The molecule has 0 saturated carbocycles. The van der Waals surface area contributed by atoms with Crippen LogP contribution in [-0.4, -0.2) is 58.2 Å². The Morgan fingerprint density at radius 3 is 2.19 bits per heavy atom. The number of aryl methyl sites for hydroxylation is 1. The summed E-state index contributed by atoms with van der Waals surface area (Å²) in [6, 6.07) is 30.9. The van der Waals surface area contributed by atoms with Gasteiger partial charge in [-0.05, 0) is 48.4 Å². The van der Waals surface area contributed by atoms with E-state index in [2.05, 4.69) is 56.6 Å². The third-order valence-electron chi connectivity index (χ3n) is 6.85. The Kier molecular flexibility index (Phi) is 7.99. The number of piperazine rings is 1. The molecule has 5 rings (SSSR count). The smallest absolute Gasteiger partial charge is 0.234 e.